The fourth-order valence-electron chi connectivity index (χ4n) is 4.19. The van der Waals surface area contributed by atoms with Crippen molar-refractivity contribution in [2.75, 3.05) is 0 Å². The minimum atomic E-state index is -0.117. The molecule has 1 aliphatic rings. The van der Waals surface area contributed by atoms with E-state index < -0.39 is 0 Å². The zero-order valence-electron chi connectivity index (χ0n) is 15.3. The summed E-state index contributed by atoms with van der Waals surface area (Å²) in [6.45, 7) is 3.68. The van der Waals surface area contributed by atoms with E-state index in [0.29, 0.717) is 22.4 Å². The highest BCUT2D eigenvalue weighted by molar-refractivity contribution is 6.06. The second kappa shape index (κ2) is 5.94. The van der Waals surface area contributed by atoms with Gasteiger partial charge in [-0.2, -0.15) is 0 Å². The van der Waals surface area contributed by atoms with E-state index in [2.05, 4.69) is 38.6 Å². The Balaban J connectivity index is 1.54. The van der Waals surface area contributed by atoms with Gasteiger partial charge >= 0.3 is 0 Å². The molecule has 2 N–H and O–H groups in total. The van der Waals surface area contributed by atoms with Gasteiger partial charge < -0.3 is 14.8 Å². The van der Waals surface area contributed by atoms with Crippen LogP contribution in [-0.2, 0) is 6.42 Å². The number of para-hydroxylation sites is 1. The number of pyridine rings is 1. The molecular weight excluding hydrogens is 340 g/mol. The average Bonchev–Trinajstić information content (AvgIpc) is 3.22. The molecule has 1 amide bonds. The maximum atomic E-state index is 13.1. The molecule has 6 nitrogen and oxygen atoms in total. The lowest BCUT2D eigenvalue weighted by molar-refractivity contribution is 0.0933. The predicted molar refractivity (Wildman–Crippen MR) is 103 cm³/mol. The number of aryl methyl sites for hydroxylation is 3. The summed E-state index contributed by atoms with van der Waals surface area (Å²) in [4.78, 5) is 21.0. The van der Waals surface area contributed by atoms with Gasteiger partial charge in [-0.3, -0.25) is 4.79 Å². The van der Waals surface area contributed by atoms with Crippen LogP contribution in [0.5, 0.6) is 0 Å². The largest absolute Gasteiger partial charge is 0.356 e. The lowest BCUT2D eigenvalue weighted by Crippen LogP contribution is -2.31. The second-order valence-electron chi connectivity index (χ2n) is 7.24. The third-order valence-electron chi connectivity index (χ3n) is 5.41. The van der Waals surface area contributed by atoms with Gasteiger partial charge in [0.2, 0.25) is 0 Å². The van der Waals surface area contributed by atoms with Crippen molar-refractivity contribution < 1.29 is 9.32 Å². The van der Waals surface area contributed by atoms with Gasteiger partial charge in [-0.25, -0.2) is 4.98 Å². The molecule has 0 fully saturated rings. The minimum absolute atomic E-state index is 0.0302. The molecule has 3 heterocycles. The number of rotatable bonds is 2. The second-order valence-corrected chi connectivity index (χ2v) is 7.24. The number of H-pyrrole nitrogens is 1. The molecule has 136 valence electrons. The first-order valence-corrected chi connectivity index (χ1v) is 9.26. The Kier molecular flexibility index (Phi) is 3.53. The van der Waals surface area contributed by atoms with Gasteiger partial charge in [0, 0.05) is 22.3 Å². The number of nitrogens with one attached hydrogen (secondary N) is 2. The van der Waals surface area contributed by atoms with Crippen molar-refractivity contribution in [1.82, 2.24) is 20.4 Å². The highest BCUT2D eigenvalue weighted by atomic mass is 16.5. The number of nitrogens with zero attached hydrogens (tertiary/aromatic N) is 2. The molecule has 0 bridgehead atoms. The highest BCUT2D eigenvalue weighted by Gasteiger charge is 2.27. The number of aromatic amines is 1. The Morgan fingerprint density at radius 1 is 1.30 bits per heavy atom. The summed E-state index contributed by atoms with van der Waals surface area (Å²) in [6, 6.07) is 10.1. The summed E-state index contributed by atoms with van der Waals surface area (Å²) in [5.74, 6) is -0.117. The molecule has 0 spiro atoms. The summed E-state index contributed by atoms with van der Waals surface area (Å²) in [5, 5.41) is 9.13. The van der Waals surface area contributed by atoms with Crippen molar-refractivity contribution >= 4 is 27.9 Å². The van der Waals surface area contributed by atoms with E-state index in [-0.39, 0.29) is 11.9 Å². The Hall–Kier alpha value is -3.15. The number of hydrogen-bond donors (Lipinski definition) is 2. The first-order chi connectivity index (χ1) is 13.1. The van der Waals surface area contributed by atoms with Crippen molar-refractivity contribution in [2.24, 2.45) is 0 Å². The maximum absolute atomic E-state index is 13.1. The van der Waals surface area contributed by atoms with Crippen LogP contribution in [-0.4, -0.2) is 21.0 Å². The lowest BCUT2D eigenvalue weighted by atomic mass is 9.91. The summed E-state index contributed by atoms with van der Waals surface area (Å²) in [6.07, 6.45) is 3.01. The third kappa shape index (κ3) is 2.51. The molecule has 1 aliphatic carbocycles. The van der Waals surface area contributed by atoms with E-state index in [4.69, 9.17) is 4.52 Å². The van der Waals surface area contributed by atoms with Crippen LogP contribution in [0.3, 0.4) is 0 Å². The molecule has 0 saturated carbocycles. The maximum Gasteiger partial charge on any atom is 0.258 e. The minimum Gasteiger partial charge on any atom is -0.356 e. The number of benzene rings is 1. The lowest BCUT2D eigenvalue weighted by Gasteiger charge is -2.24. The number of fused-ring (bicyclic) bond motifs is 4. The number of aromatic nitrogens is 3. The first-order valence-electron chi connectivity index (χ1n) is 9.26. The van der Waals surface area contributed by atoms with Gasteiger partial charge in [-0.05, 0) is 50.8 Å². The molecule has 4 aromatic rings. The van der Waals surface area contributed by atoms with Crippen molar-refractivity contribution in [3.05, 3.63) is 58.5 Å². The van der Waals surface area contributed by atoms with Crippen LogP contribution < -0.4 is 5.32 Å². The number of hydrogen-bond acceptors (Lipinski definition) is 4. The van der Waals surface area contributed by atoms with E-state index in [1.807, 2.05) is 19.9 Å². The van der Waals surface area contributed by atoms with Crippen LogP contribution in [0.4, 0.5) is 0 Å². The van der Waals surface area contributed by atoms with Crippen molar-refractivity contribution in [3.8, 4) is 0 Å². The van der Waals surface area contributed by atoms with Crippen LogP contribution in [0, 0.1) is 13.8 Å². The van der Waals surface area contributed by atoms with Gasteiger partial charge in [0.15, 0.2) is 0 Å². The topological polar surface area (TPSA) is 83.8 Å². The van der Waals surface area contributed by atoms with Gasteiger partial charge in [0.1, 0.15) is 0 Å². The Morgan fingerprint density at radius 3 is 3.04 bits per heavy atom. The fraction of sp³-hybridized carbons (Fsp3) is 0.286. The van der Waals surface area contributed by atoms with E-state index in [0.717, 1.165) is 36.2 Å². The van der Waals surface area contributed by atoms with Crippen LogP contribution in [0.15, 0.2) is 34.9 Å². The molecular formula is C21H20N4O2. The van der Waals surface area contributed by atoms with Gasteiger partial charge in [0.25, 0.3) is 11.6 Å². The molecule has 5 rings (SSSR count). The summed E-state index contributed by atoms with van der Waals surface area (Å²) in [7, 11) is 0. The SMILES string of the molecule is Cc1cc(C(=O)N[C@@H]2CCCc3c2[nH]c2ccccc32)c2c(C)noc2n1. The molecule has 0 aliphatic heterocycles. The molecule has 0 unspecified atom stereocenters. The molecule has 1 aromatic carbocycles. The molecule has 3 aromatic heterocycles. The molecule has 27 heavy (non-hydrogen) atoms. The predicted octanol–water partition coefficient (Wildman–Crippen LogP) is 4.13. The third-order valence-corrected chi connectivity index (χ3v) is 5.41. The Labute approximate surface area is 156 Å². The van der Waals surface area contributed by atoms with Crippen LogP contribution in [0.1, 0.15) is 51.9 Å². The zero-order valence-corrected chi connectivity index (χ0v) is 15.3. The van der Waals surface area contributed by atoms with E-state index in [9.17, 15) is 4.79 Å². The summed E-state index contributed by atoms with van der Waals surface area (Å²) < 4.78 is 5.26. The first kappa shape index (κ1) is 16.1. The Bertz CT molecular complexity index is 1190. The standard InChI is InChI=1S/C21H20N4O2/c1-11-10-15(18-12(2)25-27-21(18)22-11)20(26)24-17-9-5-7-14-13-6-3-4-8-16(13)23-19(14)17/h3-4,6,8,10,17,23H,5,7,9H2,1-2H3,(H,24,26)/t17-/m1/s1. The van der Waals surface area contributed by atoms with E-state index in [1.54, 1.807) is 6.07 Å². The molecule has 6 heteroatoms. The molecule has 0 radical (unpaired) electrons. The van der Waals surface area contributed by atoms with Crippen LogP contribution in [0.25, 0.3) is 22.0 Å². The Morgan fingerprint density at radius 2 is 2.15 bits per heavy atom. The molecule has 1 atom stereocenters. The summed E-state index contributed by atoms with van der Waals surface area (Å²) in [5.41, 5.74) is 5.96. The van der Waals surface area contributed by atoms with Crippen molar-refractivity contribution in [3.63, 3.8) is 0 Å². The summed E-state index contributed by atoms with van der Waals surface area (Å²) >= 11 is 0. The van der Waals surface area contributed by atoms with Gasteiger partial charge in [-0.1, -0.05) is 23.4 Å². The van der Waals surface area contributed by atoms with Gasteiger partial charge in [-0.15, -0.1) is 0 Å². The zero-order chi connectivity index (χ0) is 18.5. The number of carbonyl (C=O) groups excluding carboxylic acids is 1. The monoisotopic (exact) mass is 360 g/mol. The number of amides is 1. The van der Waals surface area contributed by atoms with E-state index >= 15 is 0 Å². The van der Waals surface area contributed by atoms with Crippen LogP contribution in [0.2, 0.25) is 0 Å². The average molecular weight is 360 g/mol. The fourth-order valence-corrected chi connectivity index (χ4v) is 4.19. The molecule has 0 saturated heterocycles. The van der Waals surface area contributed by atoms with Gasteiger partial charge in [0.05, 0.1) is 22.7 Å². The van der Waals surface area contributed by atoms with Crippen molar-refractivity contribution in [1.29, 1.82) is 0 Å². The normalized spacial score (nSPS) is 16.6. The van der Waals surface area contributed by atoms with E-state index in [1.165, 1.54) is 10.9 Å². The smallest absolute Gasteiger partial charge is 0.258 e. The quantitative estimate of drug-likeness (QED) is 0.563. The van der Waals surface area contributed by atoms with Crippen molar-refractivity contribution in [2.45, 2.75) is 39.2 Å². The van der Waals surface area contributed by atoms with Crippen LogP contribution >= 0.6 is 0 Å². The highest BCUT2D eigenvalue weighted by Crippen LogP contribution is 2.35. The number of carbonyl (C=O) groups is 1.